The molecule has 1 aromatic carbocycles. The van der Waals surface area contributed by atoms with Crippen LogP contribution in [0.1, 0.15) is 38.1 Å². The highest BCUT2D eigenvalue weighted by molar-refractivity contribution is 9.10. The Hall–Kier alpha value is -2.16. The number of nitro benzene ring substituents is 1. The van der Waals surface area contributed by atoms with Gasteiger partial charge >= 0.3 is 6.09 Å². The van der Waals surface area contributed by atoms with Crippen LogP contribution in [0.25, 0.3) is 0 Å². The summed E-state index contributed by atoms with van der Waals surface area (Å²) in [6.07, 6.45) is -0.395. The number of carbonyl (C=O) groups excluding carboxylic acids is 2. The second-order valence-corrected chi connectivity index (χ2v) is 8.05. The average molecular weight is 428 g/mol. The number of carbonyl (C=O) groups is 2. The van der Waals surface area contributed by atoms with E-state index in [4.69, 9.17) is 4.74 Å². The summed E-state index contributed by atoms with van der Waals surface area (Å²) in [4.78, 5) is 38.6. The molecule has 1 heterocycles. The molecule has 0 aliphatic carbocycles. The second kappa shape index (κ2) is 7.61. The lowest BCUT2D eigenvalue weighted by Gasteiger charge is -2.40. The number of amides is 2. The number of benzene rings is 1. The maximum atomic E-state index is 12.7. The molecule has 0 aromatic heterocycles. The fourth-order valence-corrected chi connectivity index (χ4v) is 3.23. The van der Waals surface area contributed by atoms with Crippen LogP contribution < -0.4 is 0 Å². The average Bonchev–Trinajstić information content (AvgIpc) is 2.52. The van der Waals surface area contributed by atoms with E-state index in [0.29, 0.717) is 29.7 Å². The van der Waals surface area contributed by atoms with Crippen molar-refractivity contribution in [1.82, 2.24) is 9.80 Å². The first-order chi connectivity index (χ1) is 12.0. The molecule has 2 rings (SSSR count). The summed E-state index contributed by atoms with van der Waals surface area (Å²) in [5, 5.41) is 10.8. The summed E-state index contributed by atoms with van der Waals surface area (Å²) in [7, 11) is 0. The zero-order valence-electron chi connectivity index (χ0n) is 15.2. The number of ether oxygens (including phenoxy) is 1. The standard InChI is InChI=1S/C17H22BrN3O5/c1-11-10-19(7-8-20(11)16(23)26-17(2,3)4)15(22)13-6-5-12(21(24)25)9-14(13)18/h5-6,9,11H,7-8,10H2,1-4H3/t11-/m0/s1. The van der Waals surface area contributed by atoms with Crippen LogP contribution in [-0.4, -0.2) is 58.0 Å². The molecule has 0 radical (unpaired) electrons. The van der Waals surface area contributed by atoms with Gasteiger partial charge in [-0.05, 0) is 49.7 Å². The molecule has 1 aliphatic heterocycles. The van der Waals surface area contributed by atoms with Crippen LogP contribution in [0.15, 0.2) is 22.7 Å². The smallest absolute Gasteiger partial charge is 0.410 e. The fourth-order valence-electron chi connectivity index (χ4n) is 2.70. The van der Waals surface area contributed by atoms with Crippen molar-refractivity contribution in [1.29, 1.82) is 0 Å². The number of hydrogen-bond donors (Lipinski definition) is 0. The number of rotatable bonds is 2. The molecule has 1 atom stereocenters. The van der Waals surface area contributed by atoms with Gasteiger partial charge in [0.15, 0.2) is 0 Å². The van der Waals surface area contributed by atoms with Crippen molar-refractivity contribution < 1.29 is 19.2 Å². The van der Waals surface area contributed by atoms with E-state index in [1.54, 1.807) is 9.80 Å². The Morgan fingerprint density at radius 1 is 1.31 bits per heavy atom. The molecule has 26 heavy (non-hydrogen) atoms. The van der Waals surface area contributed by atoms with Gasteiger partial charge in [-0.25, -0.2) is 4.79 Å². The topological polar surface area (TPSA) is 93.0 Å². The van der Waals surface area contributed by atoms with Crippen molar-refractivity contribution in [3.8, 4) is 0 Å². The molecule has 0 spiro atoms. The molecule has 1 aromatic rings. The number of halogens is 1. The molecule has 0 bridgehead atoms. The van der Waals surface area contributed by atoms with Crippen LogP contribution in [0.3, 0.4) is 0 Å². The van der Waals surface area contributed by atoms with Gasteiger partial charge < -0.3 is 14.5 Å². The first-order valence-corrected chi connectivity index (χ1v) is 9.01. The Morgan fingerprint density at radius 2 is 1.96 bits per heavy atom. The molecule has 1 fully saturated rings. The van der Waals surface area contributed by atoms with Crippen molar-refractivity contribution in [2.75, 3.05) is 19.6 Å². The van der Waals surface area contributed by atoms with E-state index in [0.717, 1.165) is 0 Å². The Morgan fingerprint density at radius 3 is 2.46 bits per heavy atom. The van der Waals surface area contributed by atoms with Crippen LogP contribution in [0, 0.1) is 10.1 Å². The normalized spacial score (nSPS) is 17.8. The number of nitro groups is 1. The zero-order chi connectivity index (χ0) is 19.6. The number of nitrogens with zero attached hydrogens (tertiary/aromatic N) is 3. The molecule has 8 nitrogen and oxygen atoms in total. The molecular formula is C17H22BrN3O5. The van der Waals surface area contributed by atoms with Gasteiger partial charge in [0.1, 0.15) is 5.60 Å². The number of hydrogen-bond acceptors (Lipinski definition) is 5. The van der Waals surface area contributed by atoms with E-state index in [-0.39, 0.29) is 17.6 Å². The molecule has 0 unspecified atom stereocenters. The molecule has 0 saturated carbocycles. The Kier molecular flexibility index (Phi) is 5.90. The summed E-state index contributed by atoms with van der Waals surface area (Å²) >= 11 is 3.23. The first kappa shape index (κ1) is 20.2. The van der Waals surface area contributed by atoms with Crippen molar-refractivity contribution >= 4 is 33.6 Å². The summed E-state index contributed by atoms with van der Waals surface area (Å²) in [6, 6.07) is 3.86. The summed E-state index contributed by atoms with van der Waals surface area (Å²) in [5.41, 5.74) is -0.307. The lowest BCUT2D eigenvalue weighted by molar-refractivity contribution is -0.384. The van der Waals surface area contributed by atoms with Crippen molar-refractivity contribution in [3.63, 3.8) is 0 Å². The monoisotopic (exact) mass is 427 g/mol. The maximum absolute atomic E-state index is 12.7. The maximum Gasteiger partial charge on any atom is 0.410 e. The SMILES string of the molecule is C[C@H]1CN(C(=O)c2ccc([N+](=O)[O-])cc2Br)CCN1C(=O)OC(C)(C)C. The van der Waals surface area contributed by atoms with E-state index >= 15 is 0 Å². The minimum Gasteiger partial charge on any atom is -0.444 e. The van der Waals surface area contributed by atoms with Gasteiger partial charge in [-0.1, -0.05) is 0 Å². The van der Waals surface area contributed by atoms with E-state index in [1.807, 2.05) is 27.7 Å². The van der Waals surface area contributed by atoms with E-state index in [1.165, 1.54) is 18.2 Å². The summed E-state index contributed by atoms with van der Waals surface area (Å²) in [5.74, 6) is -0.234. The van der Waals surface area contributed by atoms with Gasteiger partial charge in [-0.15, -0.1) is 0 Å². The van der Waals surface area contributed by atoms with Crippen LogP contribution in [0.4, 0.5) is 10.5 Å². The van der Waals surface area contributed by atoms with Crippen LogP contribution in [0.2, 0.25) is 0 Å². The van der Waals surface area contributed by atoms with E-state index < -0.39 is 16.6 Å². The van der Waals surface area contributed by atoms with Crippen LogP contribution >= 0.6 is 15.9 Å². The molecule has 2 amide bonds. The van der Waals surface area contributed by atoms with Gasteiger partial charge in [-0.3, -0.25) is 14.9 Å². The Bertz CT molecular complexity index is 732. The predicted molar refractivity (Wildman–Crippen MR) is 99.1 cm³/mol. The third-order valence-corrected chi connectivity index (χ3v) is 4.59. The Labute approximate surface area is 160 Å². The van der Waals surface area contributed by atoms with E-state index in [2.05, 4.69) is 15.9 Å². The predicted octanol–water partition coefficient (Wildman–Crippen LogP) is 3.44. The molecule has 142 valence electrons. The van der Waals surface area contributed by atoms with Gasteiger partial charge in [0, 0.05) is 42.3 Å². The quantitative estimate of drug-likeness (QED) is 0.532. The highest BCUT2D eigenvalue weighted by Crippen LogP contribution is 2.25. The van der Waals surface area contributed by atoms with Crippen LogP contribution in [0.5, 0.6) is 0 Å². The second-order valence-electron chi connectivity index (χ2n) is 7.20. The zero-order valence-corrected chi connectivity index (χ0v) is 16.8. The van der Waals surface area contributed by atoms with Gasteiger partial charge in [0.2, 0.25) is 0 Å². The van der Waals surface area contributed by atoms with Crippen LogP contribution in [-0.2, 0) is 4.74 Å². The fraction of sp³-hybridized carbons (Fsp3) is 0.529. The van der Waals surface area contributed by atoms with Gasteiger partial charge in [0.25, 0.3) is 11.6 Å². The van der Waals surface area contributed by atoms with Gasteiger partial charge in [0.05, 0.1) is 10.5 Å². The summed E-state index contributed by atoms with van der Waals surface area (Å²) in [6.45, 7) is 8.37. The minimum atomic E-state index is -0.576. The molecule has 1 aliphatic rings. The van der Waals surface area contributed by atoms with Gasteiger partial charge in [-0.2, -0.15) is 0 Å². The number of piperazine rings is 1. The minimum absolute atomic E-state index is 0.0865. The molecule has 1 saturated heterocycles. The number of non-ortho nitro benzene ring substituents is 1. The van der Waals surface area contributed by atoms with E-state index in [9.17, 15) is 19.7 Å². The largest absolute Gasteiger partial charge is 0.444 e. The molecular weight excluding hydrogens is 406 g/mol. The van der Waals surface area contributed by atoms with Crippen molar-refractivity contribution in [2.45, 2.75) is 39.3 Å². The molecule has 9 heteroatoms. The first-order valence-electron chi connectivity index (χ1n) is 8.22. The lowest BCUT2D eigenvalue weighted by atomic mass is 10.1. The third-order valence-electron chi connectivity index (χ3n) is 3.94. The van der Waals surface area contributed by atoms with Crippen molar-refractivity contribution in [3.05, 3.63) is 38.3 Å². The van der Waals surface area contributed by atoms with Crippen molar-refractivity contribution in [2.24, 2.45) is 0 Å². The third kappa shape index (κ3) is 4.72. The highest BCUT2D eigenvalue weighted by atomic mass is 79.9. The highest BCUT2D eigenvalue weighted by Gasteiger charge is 2.33. The molecule has 0 N–H and O–H groups in total. The Balaban J connectivity index is 2.07. The lowest BCUT2D eigenvalue weighted by Crippen LogP contribution is -2.56. The summed E-state index contributed by atoms with van der Waals surface area (Å²) < 4.78 is 5.77.